The van der Waals surface area contributed by atoms with Crippen LogP contribution in [0.4, 0.5) is 0 Å². The molecule has 1 saturated carbocycles. The molecule has 3 aliphatic carbocycles. The van der Waals surface area contributed by atoms with Crippen molar-refractivity contribution < 1.29 is 14.9 Å². The summed E-state index contributed by atoms with van der Waals surface area (Å²) >= 11 is 0. The molecule has 2 aromatic rings. The summed E-state index contributed by atoms with van der Waals surface area (Å²) in [6.07, 6.45) is 6.74. The van der Waals surface area contributed by atoms with Crippen molar-refractivity contribution >= 4 is 0 Å². The van der Waals surface area contributed by atoms with Crippen molar-refractivity contribution in [1.82, 2.24) is 9.88 Å². The van der Waals surface area contributed by atoms with Crippen molar-refractivity contribution in [2.24, 2.45) is 5.92 Å². The molecular formula is C22H24N2O3. The summed E-state index contributed by atoms with van der Waals surface area (Å²) in [6, 6.07) is 6.02. The fourth-order valence-corrected chi connectivity index (χ4v) is 6.77. The molecule has 1 aromatic heterocycles. The number of H-pyrrole nitrogens is 1. The first-order chi connectivity index (χ1) is 13.1. The zero-order valence-electron chi connectivity index (χ0n) is 15.2. The number of phenols is 1. The summed E-state index contributed by atoms with van der Waals surface area (Å²) in [5.74, 6) is 1.61. The number of benzene rings is 1. The number of fused-ring (bicyclic) bond motifs is 2. The van der Waals surface area contributed by atoms with Crippen LogP contribution < -0.4 is 4.74 Å². The number of hydrogen-bond acceptors (Lipinski definition) is 4. The Morgan fingerprint density at radius 2 is 2.11 bits per heavy atom. The van der Waals surface area contributed by atoms with E-state index in [1.807, 2.05) is 6.20 Å². The van der Waals surface area contributed by atoms with Crippen LogP contribution >= 0.6 is 0 Å². The maximum absolute atomic E-state index is 12.4. The average Bonchev–Trinajstić information content (AvgIpc) is 3.21. The number of phenolic OH excluding ortho intramolecular Hbond substituents is 1. The molecule has 7 rings (SSSR count). The minimum atomic E-state index is -0.855. The lowest BCUT2D eigenvalue weighted by molar-refractivity contribution is -0.173. The van der Waals surface area contributed by atoms with E-state index >= 15 is 0 Å². The summed E-state index contributed by atoms with van der Waals surface area (Å²) in [7, 11) is 0. The second-order valence-electron chi connectivity index (χ2n) is 9.34. The predicted molar refractivity (Wildman–Crippen MR) is 99.0 cm³/mol. The molecule has 1 aromatic carbocycles. The van der Waals surface area contributed by atoms with E-state index in [9.17, 15) is 10.2 Å². The van der Waals surface area contributed by atoms with Crippen LogP contribution in [0, 0.1) is 5.92 Å². The van der Waals surface area contributed by atoms with Crippen molar-refractivity contribution in [3.63, 3.8) is 0 Å². The lowest BCUT2D eigenvalue weighted by atomic mass is 9.49. The monoisotopic (exact) mass is 364 g/mol. The largest absolute Gasteiger partial charge is 0.504 e. The maximum Gasteiger partial charge on any atom is 0.166 e. The highest BCUT2D eigenvalue weighted by atomic mass is 16.5. The van der Waals surface area contributed by atoms with Crippen LogP contribution in [-0.4, -0.2) is 44.8 Å². The van der Waals surface area contributed by atoms with Crippen LogP contribution in [0.2, 0.25) is 0 Å². The van der Waals surface area contributed by atoms with Crippen LogP contribution in [0.15, 0.2) is 24.4 Å². The summed E-state index contributed by atoms with van der Waals surface area (Å²) < 4.78 is 6.43. The Kier molecular flexibility index (Phi) is 2.52. The minimum Gasteiger partial charge on any atom is -0.504 e. The number of likely N-dealkylation sites (tertiary alicyclic amines) is 1. The van der Waals surface area contributed by atoms with Gasteiger partial charge in [-0.3, -0.25) is 4.90 Å². The summed E-state index contributed by atoms with van der Waals surface area (Å²) in [6.45, 7) is 2.10. The molecule has 5 aliphatic rings. The molecule has 3 N–H and O–H groups in total. The Balaban J connectivity index is 1.50. The zero-order chi connectivity index (χ0) is 18.0. The number of aliphatic hydroxyl groups is 1. The van der Waals surface area contributed by atoms with Crippen molar-refractivity contribution in [3.8, 4) is 11.5 Å². The van der Waals surface area contributed by atoms with Gasteiger partial charge in [0.25, 0.3) is 0 Å². The third-order valence-corrected chi connectivity index (χ3v) is 8.10. The number of nitrogens with zero attached hydrogens (tertiary/aromatic N) is 1. The molecule has 2 aliphatic heterocycles. The average molecular weight is 364 g/mol. The number of rotatable bonds is 2. The van der Waals surface area contributed by atoms with Gasteiger partial charge in [-0.2, -0.15) is 0 Å². The molecule has 0 radical (unpaired) electrons. The number of aromatic amines is 1. The lowest BCUT2D eigenvalue weighted by Gasteiger charge is -2.62. The third kappa shape index (κ3) is 1.57. The van der Waals surface area contributed by atoms with E-state index < -0.39 is 11.0 Å². The van der Waals surface area contributed by atoms with Gasteiger partial charge in [0.15, 0.2) is 17.6 Å². The van der Waals surface area contributed by atoms with Crippen molar-refractivity contribution in [2.45, 2.75) is 55.3 Å². The normalized spacial score (nSPS) is 38.3. The number of aromatic hydroxyl groups is 1. The van der Waals surface area contributed by atoms with Crippen LogP contribution in [0.3, 0.4) is 0 Å². The van der Waals surface area contributed by atoms with Gasteiger partial charge < -0.3 is 19.9 Å². The van der Waals surface area contributed by atoms with E-state index in [0.29, 0.717) is 12.2 Å². The van der Waals surface area contributed by atoms with Gasteiger partial charge in [-0.05, 0) is 61.4 Å². The zero-order valence-corrected chi connectivity index (χ0v) is 15.2. The number of aromatic nitrogens is 1. The van der Waals surface area contributed by atoms with E-state index in [0.717, 1.165) is 48.7 Å². The van der Waals surface area contributed by atoms with Gasteiger partial charge in [0.05, 0.1) is 16.7 Å². The fourth-order valence-electron chi connectivity index (χ4n) is 6.77. The van der Waals surface area contributed by atoms with E-state index in [4.69, 9.17) is 4.74 Å². The topological polar surface area (TPSA) is 68.7 Å². The van der Waals surface area contributed by atoms with Crippen LogP contribution in [0.1, 0.15) is 47.8 Å². The highest BCUT2D eigenvalue weighted by Gasteiger charge is 2.72. The van der Waals surface area contributed by atoms with Gasteiger partial charge in [-0.1, -0.05) is 6.07 Å². The molecular weight excluding hydrogens is 340 g/mol. The van der Waals surface area contributed by atoms with Crippen molar-refractivity contribution in [3.05, 3.63) is 46.8 Å². The van der Waals surface area contributed by atoms with Crippen LogP contribution in [-0.2, 0) is 18.3 Å². The second-order valence-corrected chi connectivity index (χ2v) is 9.34. The van der Waals surface area contributed by atoms with Crippen LogP contribution in [0.5, 0.6) is 11.5 Å². The lowest BCUT2D eigenvalue weighted by Crippen LogP contribution is -2.74. The molecule has 4 atom stereocenters. The molecule has 0 amide bonds. The van der Waals surface area contributed by atoms with E-state index in [1.165, 1.54) is 18.4 Å². The molecule has 1 spiro atoms. The van der Waals surface area contributed by atoms with Crippen molar-refractivity contribution in [2.75, 3.05) is 13.1 Å². The maximum atomic E-state index is 12.4. The first-order valence-corrected chi connectivity index (χ1v) is 10.3. The van der Waals surface area contributed by atoms with Gasteiger partial charge in [0.1, 0.15) is 0 Å². The van der Waals surface area contributed by atoms with E-state index in [2.05, 4.69) is 22.0 Å². The Bertz CT molecular complexity index is 980. The van der Waals surface area contributed by atoms with Crippen LogP contribution in [0.25, 0.3) is 0 Å². The van der Waals surface area contributed by atoms with E-state index in [-0.39, 0.29) is 17.9 Å². The Morgan fingerprint density at radius 3 is 2.96 bits per heavy atom. The molecule has 27 heavy (non-hydrogen) atoms. The highest BCUT2D eigenvalue weighted by molar-refractivity contribution is 5.64. The summed E-state index contributed by atoms with van der Waals surface area (Å²) in [5, 5.41) is 22.9. The highest BCUT2D eigenvalue weighted by Crippen LogP contribution is 2.68. The molecule has 5 nitrogen and oxygen atoms in total. The van der Waals surface area contributed by atoms with Gasteiger partial charge in [-0.25, -0.2) is 0 Å². The van der Waals surface area contributed by atoms with Gasteiger partial charge >= 0.3 is 0 Å². The molecule has 1 saturated heterocycles. The summed E-state index contributed by atoms with van der Waals surface area (Å²) in [4.78, 5) is 5.95. The Labute approximate surface area is 158 Å². The van der Waals surface area contributed by atoms with Gasteiger partial charge in [-0.15, -0.1) is 0 Å². The first kappa shape index (κ1) is 15.0. The quantitative estimate of drug-likeness (QED) is 0.766. The smallest absolute Gasteiger partial charge is 0.166 e. The number of ether oxygens (including phenoxy) is 1. The number of hydrogen-bond donors (Lipinski definition) is 3. The Hall–Kier alpha value is -1.98. The molecule has 3 heterocycles. The summed E-state index contributed by atoms with van der Waals surface area (Å²) in [5.41, 5.74) is 3.25. The van der Waals surface area contributed by atoms with Gasteiger partial charge in [0, 0.05) is 30.8 Å². The molecule has 5 heteroatoms. The molecule has 2 unspecified atom stereocenters. The molecule has 140 valence electrons. The van der Waals surface area contributed by atoms with E-state index in [1.54, 1.807) is 6.07 Å². The minimum absolute atomic E-state index is 0.115. The standard InChI is InChI=1S/C22H24N2O3/c25-15-4-3-13-9-16-22(26)10-14-5-7-23-18(14)20-21(22,17(13)19(15)27-20)6-8-24(16)11-12-1-2-12/h3-5,7,12,16,20,23,25-26H,1-2,6,8-11H2/t16?,20-,21?,22+/m0/s1. The van der Waals surface area contributed by atoms with Crippen molar-refractivity contribution in [1.29, 1.82) is 0 Å². The Morgan fingerprint density at radius 1 is 1.22 bits per heavy atom. The number of nitrogens with one attached hydrogen (secondary N) is 1. The predicted octanol–water partition coefficient (Wildman–Crippen LogP) is 2.42. The molecule has 2 fully saturated rings. The SMILES string of the molecule is Oc1ccc2c3c1O[C@H]1c4[nH]ccc4C[C@@]4(O)C(C2)N(CC2CC2)CCC314. The number of piperidine rings is 1. The fraction of sp³-hybridized carbons (Fsp3) is 0.545. The molecule has 2 bridgehead atoms. The second kappa shape index (κ2) is 4.53. The van der Waals surface area contributed by atoms with Gasteiger partial charge in [0.2, 0.25) is 0 Å². The first-order valence-electron chi connectivity index (χ1n) is 10.3. The third-order valence-electron chi connectivity index (χ3n) is 8.10.